The number of benzene rings is 2. The number of hydrogen-bond donors (Lipinski definition) is 1. The topological polar surface area (TPSA) is 55.8 Å². The van der Waals surface area contributed by atoms with Crippen LogP contribution in [0.5, 0.6) is 11.5 Å². The summed E-state index contributed by atoms with van der Waals surface area (Å²) >= 11 is 0. The second-order valence-corrected chi connectivity index (χ2v) is 5.32. The van der Waals surface area contributed by atoms with Gasteiger partial charge in [-0.05, 0) is 31.5 Å². The van der Waals surface area contributed by atoms with Crippen LogP contribution in [0, 0.1) is 13.8 Å². The van der Waals surface area contributed by atoms with E-state index < -0.39 is 12.1 Å². The van der Waals surface area contributed by atoms with Crippen molar-refractivity contribution in [3.63, 3.8) is 0 Å². The van der Waals surface area contributed by atoms with Crippen molar-refractivity contribution in [3.05, 3.63) is 59.2 Å². The molecule has 4 nitrogen and oxygen atoms in total. The molecular weight excluding hydrogens is 280 g/mol. The molecule has 2 rings (SSSR count). The Morgan fingerprint density at radius 1 is 1.09 bits per heavy atom. The maximum Gasteiger partial charge on any atom is 0.345 e. The summed E-state index contributed by atoms with van der Waals surface area (Å²) in [6, 6.07) is 13.0. The number of carbonyl (C=O) groups is 1. The van der Waals surface area contributed by atoms with E-state index in [4.69, 9.17) is 9.47 Å². The zero-order valence-corrected chi connectivity index (χ0v) is 13.0. The van der Waals surface area contributed by atoms with Gasteiger partial charge in [-0.15, -0.1) is 0 Å². The molecule has 0 radical (unpaired) electrons. The SMILES string of the molecule is COc1cccc(O[C@H](Cc2cc(C)cc(C)c2)C(=O)O)c1. The Labute approximate surface area is 130 Å². The van der Waals surface area contributed by atoms with Crippen LogP contribution in [-0.2, 0) is 11.2 Å². The summed E-state index contributed by atoms with van der Waals surface area (Å²) in [6.07, 6.45) is -0.622. The minimum atomic E-state index is -0.984. The maximum absolute atomic E-state index is 11.5. The Hall–Kier alpha value is -2.49. The zero-order valence-electron chi connectivity index (χ0n) is 13.0. The summed E-state index contributed by atoms with van der Waals surface area (Å²) in [7, 11) is 1.56. The summed E-state index contributed by atoms with van der Waals surface area (Å²) in [5, 5.41) is 9.40. The molecule has 0 heterocycles. The highest BCUT2D eigenvalue weighted by molar-refractivity contribution is 5.73. The van der Waals surface area contributed by atoms with Gasteiger partial charge in [-0.1, -0.05) is 35.4 Å². The third kappa shape index (κ3) is 4.25. The number of ether oxygens (including phenoxy) is 2. The van der Waals surface area contributed by atoms with E-state index in [-0.39, 0.29) is 0 Å². The van der Waals surface area contributed by atoms with Crippen molar-refractivity contribution < 1.29 is 19.4 Å². The molecule has 22 heavy (non-hydrogen) atoms. The predicted octanol–water partition coefficient (Wildman–Crippen LogP) is 3.39. The number of aliphatic carboxylic acids is 1. The Morgan fingerprint density at radius 3 is 2.32 bits per heavy atom. The molecule has 2 aromatic carbocycles. The highest BCUT2D eigenvalue weighted by atomic mass is 16.5. The molecule has 2 aromatic rings. The lowest BCUT2D eigenvalue weighted by Gasteiger charge is -2.16. The van der Waals surface area contributed by atoms with E-state index in [2.05, 4.69) is 6.07 Å². The molecule has 0 fully saturated rings. The molecule has 0 aliphatic rings. The van der Waals surface area contributed by atoms with Crippen molar-refractivity contribution in [1.29, 1.82) is 0 Å². The van der Waals surface area contributed by atoms with Gasteiger partial charge in [0.25, 0.3) is 0 Å². The van der Waals surface area contributed by atoms with Crippen molar-refractivity contribution in [2.75, 3.05) is 7.11 Å². The van der Waals surface area contributed by atoms with E-state index in [1.807, 2.05) is 26.0 Å². The monoisotopic (exact) mass is 300 g/mol. The minimum absolute atomic E-state index is 0.315. The van der Waals surface area contributed by atoms with Crippen molar-refractivity contribution in [2.45, 2.75) is 26.4 Å². The Kier molecular flexibility index (Phi) is 5.04. The van der Waals surface area contributed by atoms with Crippen LogP contribution in [0.4, 0.5) is 0 Å². The highest BCUT2D eigenvalue weighted by Gasteiger charge is 2.20. The molecule has 4 heteroatoms. The summed E-state index contributed by atoms with van der Waals surface area (Å²) in [4.78, 5) is 11.5. The molecule has 0 bridgehead atoms. The number of carboxylic acid groups (broad SMARTS) is 1. The Morgan fingerprint density at radius 2 is 1.73 bits per heavy atom. The molecule has 0 aliphatic carbocycles. The van der Waals surface area contributed by atoms with Gasteiger partial charge in [0, 0.05) is 12.5 Å². The first-order chi connectivity index (χ1) is 10.5. The quantitative estimate of drug-likeness (QED) is 0.888. The molecule has 0 aromatic heterocycles. The second-order valence-electron chi connectivity index (χ2n) is 5.32. The summed E-state index contributed by atoms with van der Waals surface area (Å²) in [6.45, 7) is 3.99. The van der Waals surface area contributed by atoms with E-state index in [9.17, 15) is 9.90 Å². The molecule has 0 spiro atoms. The fraction of sp³-hybridized carbons (Fsp3) is 0.278. The summed E-state index contributed by atoms with van der Waals surface area (Å²) in [5.41, 5.74) is 3.17. The third-order valence-electron chi connectivity index (χ3n) is 3.30. The lowest BCUT2D eigenvalue weighted by atomic mass is 10.0. The summed E-state index contributed by atoms with van der Waals surface area (Å²) in [5.74, 6) is 0.131. The van der Waals surface area contributed by atoms with E-state index in [1.165, 1.54) is 0 Å². The van der Waals surface area contributed by atoms with E-state index in [1.54, 1.807) is 31.4 Å². The third-order valence-corrected chi connectivity index (χ3v) is 3.30. The van der Waals surface area contributed by atoms with Gasteiger partial charge in [0.1, 0.15) is 11.5 Å². The lowest BCUT2D eigenvalue weighted by molar-refractivity contribution is -0.145. The maximum atomic E-state index is 11.5. The second kappa shape index (κ2) is 6.98. The standard InChI is InChI=1S/C18H20O4/c1-12-7-13(2)9-14(8-12)10-17(18(19)20)22-16-6-4-5-15(11-16)21-3/h4-9,11,17H,10H2,1-3H3,(H,19,20)/t17-/m1/s1. The molecular formula is C18H20O4. The number of aryl methyl sites for hydroxylation is 2. The van der Waals surface area contributed by atoms with Gasteiger partial charge >= 0.3 is 5.97 Å². The van der Waals surface area contributed by atoms with Crippen LogP contribution in [0.1, 0.15) is 16.7 Å². The van der Waals surface area contributed by atoms with Crippen LogP contribution < -0.4 is 9.47 Å². The van der Waals surface area contributed by atoms with Gasteiger partial charge < -0.3 is 14.6 Å². The van der Waals surface area contributed by atoms with E-state index in [0.717, 1.165) is 16.7 Å². The average Bonchev–Trinajstić information content (AvgIpc) is 2.45. The van der Waals surface area contributed by atoms with Crippen molar-refractivity contribution in [1.82, 2.24) is 0 Å². The van der Waals surface area contributed by atoms with Crippen molar-refractivity contribution >= 4 is 5.97 Å². The molecule has 1 atom stereocenters. The minimum Gasteiger partial charge on any atom is -0.497 e. The van der Waals surface area contributed by atoms with Crippen molar-refractivity contribution in [2.24, 2.45) is 0 Å². The average molecular weight is 300 g/mol. The van der Waals surface area contributed by atoms with Crippen molar-refractivity contribution in [3.8, 4) is 11.5 Å². The van der Waals surface area contributed by atoms with Gasteiger partial charge in [0.05, 0.1) is 7.11 Å². The van der Waals surface area contributed by atoms with Gasteiger partial charge in [-0.3, -0.25) is 0 Å². The van der Waals surface area contributed by atoms with Crippen LogP contribution in [0.15, 0.2) is 42.5 Å². The first-order valence-corrected chi connectivity index (χ1v) is 7.08. The number of carboxylic acids is 1. The van der Waals surface area contributed by atoms with Gasteiger partial charge in [-0.25, -0.2) is 4.79 Å². The number of methoxy groups -OCH3 is 1. The Balaban J connectivity index is 2.17. The predicted molar refractivity (Wildman–Crippen MR) is 84.7 cm³/mol. The molecule has 0 aliphatic heterocycles. The van der Waals surface area contributed by atoms with Gasteiger partial charge in [0.2, 0.25) is 0 Å². The fourth-order valence-corrected chi connectivity index (χ4v) is 2.42. The number of hydrogen-bond acceptors (Lipinski definition) is 3. The number of rotatable bonds is 6. The Bertz CT molecular complexity index is 644. The highest BCUT2D eigenvalue weighted by Crippen LogP contribution is 2.21. The normalized spacial score (nSPS) is 11.8. The first-order valence-electron chi connectivity index (χ1n) is 7.08. The molecule has 0 amide bonds. The van der Waals surface area contributed by atoms with Gasteiger partial charge in [0.15, 0.2) is 6.10 Å². The largest absolute Gasteiger partial charge is 0.497 e. The summed E-state index contributed by atoms with van der Waals surface area (Å²) < 4.78 is 10.7. The first kappa shape index (κ1) is 15.9. The van der Waals surface area contributed by atoms with E-state index in [0.29, 0.717) is 17.9 Å². The van der Waals surface area contributed by atoms with Crippen LogP contribution in [0.3, 0.4) is 0 Å². The van der Waals surface area contributed by atoms with Crippen LogP contribution in [0.25, 0.3) is 0 Å². The lowest BCUT2D eigenvalue weighted by Crippen LogP contribution is -2.29. The zero-order chi connectivity index (χ0) is 16.1. The fourth-order valence-electron chi connectivity index (χ4n) is 2.42. The van der Waals surface area contributed by atoms with Crippen LogP contribution in [-0.4, -0.2) is 24.3 Å². The molecule has 0 saturated carbocycles. The van der Waals surface area contributed by atoms with E-state index >= 15 is 0 Å². The molecule has 1 N–H and O–H groups in total. The smallest absolute Gasteiger partial charge is 0.345 e. The molecule has 0 unspecified atom stereocenters. The van der Waals surface area contributed by atoms with Crippen LogP contribution >= 0.6 is 0 Å². The molecule has 0 saturated heterocycles. The molecule has 116 valence electrons. The van der Waals surface area contributed by atoms with Gasteiger partial charge in [-0.2, -0.15) is 0 Å². The van der Waals surface area contributed by atoms with Crippen LogP contribution in [0.2, 0.25) is 0 Å².